The first-order valence-electron chi connectivity index (χ1n) is 3.93. The maximum Gasteiger partial charge on any atom is 0.266 e. The van der Waals surface area contributed by atoms with Crippen molar-refractivity contribution in [3.63, 3.8) is 0 Å². The summed E-state index contributed by atoms with van der Waals surface area (Å²) in [4.78, 5) is 3.89. The molecule has 0 unspecified atom stereocenters. The smallest absolute Gasteiger partial charge is 0.266 e. The number of aryl methyl sites for hydroxylation is 1. The number of hydrogen-bond acceptors (Lipinski definition) is 5. The SMILES string of the molecule is Cc1ccoc1-c1nc(C#N)c(N)o1. The highest BCUT2D eigenvalue weighted by atomic mass is 16.4. The van der Waals surface area contributed by atoms with Gasteiger partial charge in [0.25, 0.3) is 5.89 Å². The summed E-state index contributed by atoms with van der Waals surface area (Å²) in [7, 11) is 0. The number of nitrogens with two attached hydrogens (primary N) is 1. The number of nitriles is 1. The molecule has 0 radical (unpaired) electrons. The number of anilines is 1. The number of aromatic nitrogens is 1. The van der Waals surface area contributed by atoms with E-state index in [0.29, 0.717) is 5.76 Å². The van der Waals surface area contributed by atoms with Crippen molar-refractivity contribution in [2.45, 2.75) is 6.92 Å². The van der Waals surface area contributed by atoms with Gasteiger partial charge in [-0.15, -0.1) is 0 Å². The average Bonchev–Trinajstić information content (AvgIpc) is 2.71. The van der Waals surface area contributed by atoms with Crippen LogP contribution in [0.2, 0.25) is 0 Å². The van der Waals surface area contributed by atoms with Gasteiger partial charge in [0.2, 0.25) is 11.6 Å². The van der Waals surface area contributed by atoms with Crippen LogP contribution in [0.1, 0.15) is 11.3 Å². The molecule has 0 saturated heterocycles. The maximum atomic E-state index is 8.62. The first-order valence-corrected chi connectivity index (χ1v) is 3.93. The molecule has 2 aromatic heterocycles. The molecule has 2 aromatic rings. The van der Waals surface area contributed by atoms with Gasteiger partial charge in [0.1, 0.15) is 6.07 Å². The molecule has 70 valence electrons. The summed E-state index contributed by atoms with van der Waals surface area (Å²) < 4.78 is 10.2. The highest BCUT2D eigenvalue weighted by molar-refractivity contribution is 5.55. The van der Waals surface area contributed by atoms with Crippen molar-refractivity contribution in [1.29, 1.82) is 5.26 Å². The van der Waals surface area contributed by atoms with Gasteiger partial charge < -0.3 is 14.6 Å². The molecule has 0 spiro atoms. The molecular formula is C9H7N3O2. The first kappa shape index (κ1) is 8.38. The monoisotopic (exact) mass is 189 g/mol. The standard InChI is InChI=1S/C9H7N3O2/c1-5-2-3-13-7(5)9-12-6(4-10)8(11)14-9/h2-3H,11H2,1H3. The van der Waals surface area contributed by atoms with Gasteiger partial charge in [-0.25, -0.2) is 0 Å². The van der Waals surface area contributed by atoms with E-state index >= 15 is 0 Å². The Bertz CT molecular complexity index is 504. The number of oxazole rings is 1. The molecule has 2 heterocycles. The molecule has 14 heavy (non-hydrogen) atoms. The van der Waals surface area contributed by atoms with E-state index in [0.717, 1.165) is 5.56 Å². The van der Waals surface area contributed by atoms with E-state index in [1.54, 1.807) is 6.07 Å². The lowest BCUT2D eigenvalue weighted by Crippen LogP contribution is -1.84. The van der Waals surface area contributed by atoms with Crippen LogP contribution >= 0.6 is 0 Å². The minimum absolute atomic E-state index is 0.0123. The van der Waals surface area contributed by atoms with Crippen molar-refractivity contribution in [2.24, 2.45) is 0 Å². The minimum Gasteiger partial charge on any atom is -0.459 e. The highest BCUT2D eigenvalue weighted by Gasteiger charge is 2.15. The molecule has 0 aliphatic rings. The summed E-state index contributed by atoms with van der Waals surface area (Å²) in [5.41, 5.74) is 6.38. The summed E-state index contributed by atoms with van der Waals surface area (Å²) in [5, 5.41) is 8.62. The Morgan fingerprint density at radius 1 is 1.57 bits per heavy atom. The molecule has 0 fully saturated rings. The van der Waals surface area contributed by atoms with Crippen molar-refractivity contribution < 1.29 is 8.83 Å². The summed E-state index contributed by atoms with van der Waals surface area (Å²) >= 11 is 0. The second kappa shape index (κ2) is 2.92. The van der Waals surface area contributed by atoms with Gasteiger partial charge in [0, 0.05) is 5.56 Å². The van der Waals surface area contributed by atoms with Crippen molar-refractivity contribution in [3.8, 4) is 17.7 Å². The summed E-state index contributed by atoms with van der Waals surface area (Å²) in [5.74, 6) is 0.748. The van der Waals surface area contributed by atoms with E-state index in [1.807, 2.05) is 13.0 Å². The molecule has 5 nitrogen and oxygen atoms in total. The number of furan rings is 1. The number of nitrogens with zero attached hydrogens (tertiary/aromatic N) is 2. The number of hydrogen-bond donors (Lipinski definition) is 1. The predicted molar refractivity (Wildman–Crippen MR) is 48.1 cm³/mol. The van der Waals surface area contributed by atoms with Crippen LogP contribution in [0.3, 0.4) is 0 Å². The Balaban J connectivity index is 2.54. The van der Waals surface area contributed by atoms with E-state index in [-0.39, 0.29) is 17.5 Å². The third kappa shape index (κ3) is 1.13. The van der Waals surface area contributed by atoms with Crippen molar-refractivity contribution in [3.05, 3.63) is 23.6 Å². The number of nitrogen functional groups attached to an aromatic ring is 1. The zero-order chi connectivity index (χ0) is 10.1. The molecule has 0 amide bonds. The lowest BCUT2D eigenvalue weighted by molar-refractivity contribution is 0.524. The Hall–Kier alpha value is -2.22. The van der Waals surface area contributed by atoms with Crippen LogP contribution in [0.5, 0.6) is 0 Å². The second-order valence-electron chi connectivity index (χ2n) is 2.78. The van der Waals surface area contributed by atoms with Crippen LogP contribution in [0.15, 0.2) is 21.2 Å². The summed E-state index contributed by atoms with van der Waals surface area (Å²) in [6, 6.07) is 3.61. The quantitative estimate of drug-likeness (QED) is 0.737. The fraction of sp³-hybridized carbons (Fsp3) is 0.111. The van der Waals surface area contributed by atoms with E-state index < -0.39 is 0 Å². The van der Waals surface area contributed by atoms with Crippen LogP contribution in [-0.2, 0) is 0 Å². The Labute approximate surface area is 79.8 Å². The van der Waals surface area contributed by atoms with Crippen LogP contribution in [0.25, 0.3) is 11.7 Å². The summed E-state index contributed by atoms with van der Waals surface area (Å²) in [6.45, 7) is 1.85. The van der Waals surface area contributed by atoms with Gasteiger partial charge in [0.15, 0.2) is 5.76 Å². The maximum absolute atomic E-state index is 8.62. The fourth-order valence-electron chi connectivity index (χ4n) is 1.10. The largest absolute Gasteiger partial charge is 0.459 e. The van der Waals surface area contributed by atoms with Crippen LogP contribution in [0.4, 0.5) is 5.88 Å². The Morgan fingerprint density at radius 3 is 2.86 bits per heavy atom. The van der Waals surface area contributed by atoms with Gasteiger partial charge in [-0.05, 0) is 13.0 Å². The molecule has 0 aliphatic heterocycles. The molecule has 0 atom stereocenters. The van der Waals surface area contributed by atoms with Crippen LogP contribution < -0.4 is 5.73 Å². The van der Waals surface area contributed by atoms with Gasteiger partial charge in [0.05, 0.1) is 6.26 Å². The zero-order valence-corrected chi connectivity index (χ0v) is 7.44. The number of rotatable bonds is 1. The third-order valence-corrected chi connectivity index (χ3v) is 1.82. The molecular weight excluding hydrogens is 182 g/mol. The highest BCUT2D eigenvalue weighted by Crippen LogP contribution is 2.26. The van der Waals surface area contributed by atoms with Gasteiger partial charge >= 0.3 is 0 Å². The topological polar surface area (TPSA) is 89.0 Å². The first-order chi connectivity index (χ1) is 6.72. The van der Waals surface area contributed by atoms with Gasteiger partial charge in [-0.3, -0.25) is 0 Å². The molecule has 0 saturated carbocycles. The van der Waals surface area contributed by atoms with Crippen molar-refractivity contribution >= 4 is 5.88 Å². The molecule has 2 rings (SSSR count). The molecule has 5 heteroatoms. The Morgan fingerprint density at radius 2 is 2.36 bits per heavy atom. The second-order valence-corrected chi connectivity index (χ2v) is 2.78. The van der Waals surface area contributed by atoms with Crippen LogP contribution in [-0.4, -0.2) is 4.98 Å². The Kier molecular flexibility index (Phi) is 1.75. The van der Waals surface area contributed by atoms with Gasteiger partial charge in [-0.2, -0.15) is 10.2 Å². The lowest BCUT2D eigenvalue weighted by atomic mass is 10.3. The third-order valence-electron chi connectivity index (χ3n) is 1.82. The zero-order valence-electron chi connectivity index (χ0n) is 7.44. The predicted octanol–water partition coefficient (Wildman–Crippen LogP) is 1.70. The van der Waals surface area contributed by atoms with E-state index in [2.05, 4.69) is 4.98 Å². The molecule has 0 bridgehead atoms. The van der Waals surface area contributed by atoms with Crippen molar-refractivity contribution in [1.82, 2.24) is 4.98 Å². The lowest BCUT2D eigenvalue weighted by Gasteiger charge is -1.89. The van der Waals surface area contributed by atoms with Crippen molar-refractivity contribution in [2.75, 3.05) is 5.73 Å². The van der Waals surface area contributed by atoms with Gasteiger partial charge in [-0.1, -0.05) is 0 Å². The fourth-order valence-corrected chi connectivity index (χ4v) is 1.10. The average molecular weight is 189 g/mol. The summed E-state index contributed by atoms with van der Waals surface area (Å²) in [6.07, 6.45) is 1.52. The molecule has 2 N–H and O–H groups in total. The van der Waals surface area contributed by atoms with E-state index in [9.17, 15) is 0 Å². The van der Waals surface area contributed by atoms with E-state index in [1.165, 1.54) is 6.26 Å². The van der Waals surface area contributed by atoms with Crippen LogP contribution in [0, 0.1) is 18.3 Å². The van der Waals surface area contributed by atoms with E-state index in [4.69, 9.17) is 19.8 Å². The minimum atomic E-state index is 0.0123. The molecule has 0 aliphatic carbocycles. The normalized spacial score (nSPS) is 10.0. The molecule has 0 aromatic carbocycles.